The van der Waals surface area contributed by atoms with Crippen molar-refractivity contribution in [3.63, 3.8) is 0 Å². The molecule has 5 nitrogen and oxygen atoms in total. The molecule has 0 spiro atoms. The van der Waals surface area contributed by atoms with Crippen LogP contribution in [0.3, 0.4) is 0 Å². The summed E-state index contributed by atoms with van der Waals surface area (Å²) in [4.78, 5) is 12.3. The molecule has 0 bridgehead atoms. The van der Waals surface area contributed by atoms with Crippen LogP contribution < -0.4 is 18.9 Å². The van der Waals surface area contributed by atoms with E-state index in [2.05, 4.69) is 0 Å². The van der Waals surface area contributed by atoms with Gasteiger partial charge in [0.15, 0.2) is 23.0 Å². The Bertz CT molecular complexity index is 769. The van der Waals surface area contributed by atoms with Crippen molar-refractivity contribution in [2.45, 2.75) is 32.6 Å². The van der Waals surface area contributed by atoms with E-state index >= 15 is 0 Å². The van der Waals surface area contributed by atoms with Gasteiger partial charge in [-0.15, -0.1) is 0 Å². The van der Waals surface area contributed by atoms with Gasteiger partial charge in [-0.25, -0.2) is 0 Å². The predicted molar refractivity (Wildman–Crippen MR) is 105 cm³/mol. The Balaban J connectivity index is 2.52. The highest BCUT2D eigenvalue weighted by atomic mass is 16.5. The molecule has 27 heavy (non-hydrogen) atoms. The van der Waals surface area contributed by atoms with Gasteiger partial charge in [0.25, 0.3) is 0 Å². The molecule has 0 aliphatic carbocycles. The summed E-state index contributed by atoms with van der Waals surface area (Å²) < 4.78 is 21.9. The van der Waals surface area contributed by atoms with Gasteiger partial charge in [-0.05, 0) is 42.3 Å². The minimum atomic E-state index is -0.109. The molecule has 5 heteroatoms. The van der Waals surface area contributed by atoms with Crippen LogP contribution in [0.1, 0.15) is 43.7 Å². The van der Waals surface area contributed by atoms with Gasteiger partial charge in [-0.3, -0.25) is 4.79 Å². The molecule has 0 saturated heterocycles. The molecule has 0 aliphatic heterocycles. The second-order valence-electron chi connectivity index (χ2n) is 6.11. The number of carbonyl (C=O) groups is 1. The molecule has 0 N–H and O–H groups in total. The van der Waals surface area contributed by atoms with Gasteiger partial charge < -0.3 is 18.9 Å². The molecule has 0 radical (unpaired) electrons. The second kappa shape index (κ2) is 9.86. The lowest BCUT2D eigenvalue weighted by atomic mass is 9.86. The van der Waals surface area contributed by atoms with Crippen LogP contribution in [-0.2, 0) is 4.79 Å². The topological polar surface area (TPSA) is 54.0 Å². The van der Waals surface area contributed by atoms with Crippen LogP contribution >= 0.6 is 0 Å². The molecule has 2 aromatic carbocycles. The second-order valence-corrected chi connectivity index (χ2v) is 6.11. The number of carbonyl (C=O) groups excluding carboxylic acids is 1. The van der Waals surface area contributed by atoms with Gasteiger partial charge in [0.2, 0.25) is 0 Å². The van der Waals surface area contributed by atoms with Gasteiger partial charge in [0, 0.05) is 18.8 Å². The van der Waals surface area contributed by atoms with Crippen LogP contribution in [0.4, 0.5) is 0 Å². The minimum Gasteiger partial charge on any atom is -0.493 e. The van der Waals surface area contributed by atoms with Crippen molar-refractivity contribution >= 4 is 5.78 Å². The highest BCUT2D eigenvalue weighted by molar-refractivity contribution is 5.79. The first kappa shape index (κ1) is 20.6. The van der Waals surface area contributed by atoms with E-state index in [-0.39, 0.29) is 11.7 Å². The fourth-order valence-electron chi connectivity index (χ4n) is 3.05. The minimum absolute atomic E-state index is 0.109. The number of hydrogen-bond donors (Lipinski definition) is 0. The van der Waals surface area contributed by atoms with Gasteiger partial charge in [0.05, 0.1) is 27.9 Å². The number of ketones is 1. The molecule has 146 valence electrons. The van der Waals surface area contributed by atoms with Crippen molar-refractivity contribution < 1.29 is 23.7 Å². The monoisotopic (exact) mass is 372 g/mol. The Morgan fingerprint density at radius 2 is 1.33 bits per heavy atom. The molecule has 1 atom stereocenters. The van der Waals surface area contributed by atoms with Gasteiger partial charge in [-0.2, -0.15) is 0 Å². The first-order valence-corrected chi connectivity index (χ1v) is 9.12. The lowest BCUT2D eigenvalue weighted by Gasteiger charge is -2.20. The molecule has 0 saturated carbocycles. The van der Waals surface area contributed by atoms with Crippen molar-refractivity contribution in [1.82, 2.24) is 0 Å². The maximum absolute atomic E-state index is 12.3. The van der Waals surface area contributed by atoms with E-state index in [1.54, 1.807) is 21.3 Å². The Labute approximate surface area is 161 Å². The third-order valence-electron chi connectivity index (χ3n) is 4.53. The lowest BCUT2D eigenvalue weighted by molar-refractivity contribution is -0.118. The van der Waals surface area contributed by atoms with E-state index < -0.39 is 0 Å². The number of rotatable bonds is 10. The quantitative estimate of drug-likeness (QED) is 0.609. The van der Waals surface area contributed by atoms with Crippen molar-refractivity contribution in [1.29, 1.82) is 0 Å². The molecule has 0 fully saturated rings. The Hall–Kier alpha value is -2.69. The third kappa shape index (κ3) is 4.94. The number of benzene rings is 2. The zero-order valence-electron chi connectivity index (χ0n) is 16.7. The standard InChI is InChI=1S/C22H28O5/c1-6-17(23)14-18(15-8-10-19(24-3)21(12-15)26-5)16-9-11-20(25-4)22(13-16)27-7-2/h8-13,18H,6-7,14H2,1-5H3. The molecule has 1 unspecified atom stereocenters. The van der Waals surface area contributed by atoms with Crippen LogP contribution in [0.5, 0.6) is 23.0 Å². The predicted octanol–water partition coefficient (Wildman–Crippen LogP) is 4.61. The van der Waals surface area contributed by atoms with Gasteiger partial charge in [0.1, 0.15) is 5.78 Å². The van der Waals surface area contributed by atoms with Gasteiger partial charge >= 0.3 is 0 Å². The van der Waals surface area contributed by atoms with Gasteiger partial charge in [-0.1, -0.05) is 19.1 Å². The van der Waals surface area contributed by atoms with E-state index in [0.717, 1.165) is 11.1 Å². The highest BCUT2D eigenvalue weighted by Crippen LogP contribution is 2.38. The summed E-state index contributed by atoms with van der Waals surface area (Å²) in [6.07, 6.45) is 0.905. The smallest absolute Gasteiger partial charge is 0.161 e. The Morgan fingerprint density at radius 3 is 1.81 bits per heavy atom. The van der Waals surface area contributed by atoms with Crippen molar-refractivity contribution in [2.24, 2.45) is 0 Å². The normalized spacial score (nSPS) is 11.6. The summed E-state index contributed by atoms with van der Waals surface area (Å²) in [5.74, 6) is 2.74. The lowest BCUT2D eigenvalue weighted by Crippen LogP contribution is -2.09. The fourth-order valence-corrected chi connectivity index (χ4v) is 3.05. The van der Waals surface area contributed by atoms with Crippen LogP contribution in [0.25, 0.3) is 0 Å². The first-order chi connectivity index (χ1) is 13.1. The number of methoxy groups -OCH3 is 3. The summed E-state index contributed by atoms with van der Waals surface area (Å²) in [7, 11) is 4.83. The zero-order valence-corrected chi connectivity index (χ0v) is 16.7. The fraction of sp³-hybridized carbons (Fsp3) is 0.409. The maximum atomic E-state index is 12.3. The summed E-state index contributed by atoms with van der Waals surface area (Å²) in [6.45, 7) is 4.35. The van der Waals surface area contributed by atoms with Crippen LogP contribution in [0.15, 0.2) is 36.4 Å². The first-order valence-electron chi connectivity index (χ1n) is 9.12. The highest BCUT2D eigenvalue weighted by Gasteiger charge is 2.21. The third-order valence-corrected chi connectivity index (χ3v) is 4.53. The summed E-state index contributed by atoms with van der Waals surface area (Å²) in [5.41, 5.74) is 1.98. The largest absolute Gasteiger partial charge is 0.493 e. The van der Waals surface area contributed by atoms with Crippen LogP contribution in [0, 0.1) is 0 Å². The molecular weight excluding hydrogens is 344 g/mol. The average Bonchev–Trinajstić information content (AvgIpc) is 2.71. The zero-order chi connectivity index (χ0) is 19.8. The Morgan fingerprint density at radius 1 is 0.815 bits per heavy atom. The number of hydrogen-bond acceptors (Lipinski definition) is 5. The van der Waals surface area contributed by atoms with E-state index in [1.165, 1.54) is 0 Å². The molecule has 0 aromatic heterocycles. The molecule has 0 aliphatic rings. The summed E-state index contributed by atoms with van der Waals surface area (Å²) >= 11 is 0. The van der Waals surface area contributed by atoms with Crippen molar-refractivity contribution in [2.75, 3.05) is 27.9 Å². The van der Waals surface area contributed by atoms with Crippen molar-refractivity contribution in [3.05, 3.63) is 47.5 Å². The number of Topliss-reactive ketones (excluding diaryl/α,β-unsaturated/α-hetero) is 1. The Kier molecular flexibility index (Phi) is 7.53. The van der Waals surface area contributed by atoms with E-state index in [4.69, 9.17) is 18.9 Å². The molecule has 0 amide bonds. The SMILES string of the molecule is CCOc1cc(C(CC(=O)CC)c2ccc(OC)c(OC)c2)ccc1OC. The molecule has 0 heterocycles. The van der Waals surface area contributed by atoms with E-state index in [0.29, 0.717) is 42.4 Å². The maximum Gasteiger partial charge on any atom is 0.161 e. The van der Waals surface area contributed by atoms with E-state index in [1.807, 2.05) is 50.2 Å². The van der Waals surface area contributed by atoms with Crippen LogP contribution in [0.2, 0.25) is 0 Å². The number of ether oxygens (including phenoxy) is 4. The average molecular weight is 372 g/mol. The van der Waals surface area contributed by atoms with Crippen LogP contribution in [-0.4, -0.2) is 33.7 Å². The van der Waals surface area contributed by atoms with Crippen molar-refractivity contribution in [3.8, 4) is 23.0 Å². The molecule has 2 aromatic rings. The molecule has 2 rings (SSSR count). The summed E-state index contributed by atoms with van der Waals surface area (Å²) in [5, 5.41) is 0. The molecular formula is C22H28O5. The van der Waals surface area contributed by atoms with E-state index in [9.17, 15) is 4.79 Å². The summed E-state index contributed by atoms with van der Waals surface area (Å²) in [6, 6.07) is 11.6.